The highest BCUT2D eigenvalue weighted by molar-refractivity contribution is 7.14. The van der Waals surface area contributed by atoms with Crippen LogP contribution in [0.5, 0.6) is 0 Å². The Hall–Kier alpha value is -2.76. The van der Waals surface area contributed by atoms with Crippen molar-refractivity contribution in [3.05, 3.63) is 46.5 Å². The standard InChI is InChI=1S/C20H25N5O2S/c1-13(2)25(14(3)4)9-8-22-19(27)17-12-28-20(23-17)24-18(26)16-7-5-6-15(10-16)11-21/h5-7,10,12-14H,8-9H2,1-4H3,(H,22,27)(H,23,24,26). The van der Waals surface area contributed by atoms with E-state index in [4.69, 9.17) is 5.26 Å². The first-order valence-corrected chi connectivity index (χ1v) is 10.0. The summed E-state index contributed by atoms with van der Waals surface area (Å²) >= 11 is 1.18. The third-order valence-electron chi connectivity index (χ3n) is 4.19. The summed E-state index contributed by atoms with van der Waals surface area (Å²) in [5, 5.41) is 16.4. The van der Waals surface area contributed by atoms with Gasteiger partial charge in [-0.3, -0.25) is 19.8 Å². The van der Waals surface area contributed by atoms with Crippen LogP contribution in [-0.2, 0) is 0 Å². The molecule has 0 aliphatic rings. The highest BCUT2D eigenvalue weighted by Gasteiger charge is 2.16. The first kappa shape index (κ1) is 21.5. The average Bonchev–Trinajstić information content (AvgIpc) is 3.13. The maximum Gasteiger partial charge on any atom is 0.270 e. The second-order valence-corrected chi connectivity index (χ2v) is 7.72. The summed E-state index contributed by atoms with van der Waals surface area (Å²) in [6.45, 7) is 9.79. The lowest BCUT2D eigenvalue weighted by Crippen LogP contribution is -2.42. The fraction of sp³-hybridized carbons (Fsp3) is 0.400. The highest BCUT2D eigenvalue weighted by Crippen LogP contribution is 2.17. The summed E-state index contributed by atoms with van der Waals surface area (Å²) in [6, 6.07) is 9.19. The van der Waals surface area contributed by atoms with Gasteiger partial charge in [-0.25, -0.2) is 4.98 Å². The predicted octanol–water partition coefficient (Wildman–Crippen LogP) is 3.12. The molecule has 0 aliphatic carbocycles. The van der Waals surface area contributed by atoms with Crippen molar-refractivity contribution in [1.82, 2.24) is 15.2 Å². The van der Waals surface area contributed by atoms with Gasteiger partial charge in [0.15, 0.2) is 5.13 Å². The quantitative estimate of drug-likeness (QED) is 0.711. The van der Waals surface area contributed by atoms with Crippen molar-refractivity contribution in [3.63, 3.8) is 0 Å². The molecular formula is C20H25N5O2S. The minimum Gasteiger partial charge on any atom is -0.349 e. The van der Waals surface area contributed by atoms with E-state index in [0.29, 0.717) is 34.9 Å². The molecule has 1 aromatic heterocycles. The maximum atomic E-state index is 12.3. The fourth-order valence-corrected chi connectivity index (χ4v) is 3.52. The molecule has 0 saturated carbocycles. The van der Waals surface area contributed by atoms with Gasteiger partial charge in [-0.05, 0) is 45.9 Å². The van der Waals surface area contributed by atoms with Crippen molar-refractivity contribution >= 4 is 28.3 Å². The van der Waals surface area contributed by atoms with Crippen LogP contribution in [0.1, 0.15) is 54.1 Å². The lowest BCUT2D eigenvalue weighted by Gasteiger charge is -2.30. The van der Waals surface area contributed by atoms with Crippen LogP contribution in [0.2, 0.25) is 0 Å². The monoisotopic (exact) mass is 399 g/mol. The molecule has 7 nitrogen and oxygen atoms in total. The normalized spacial score (nSPS) is 10.9. The Morgan fingerprint density at radius 3 is 2.57 bits per heavy atom. The van der Waals surface area contributed by atoms with Crippen molar-refractivity contribution in [1.29, 1.82) is 5.26 Å². The smallest absolute Gasteiger partial charge is 0.270 e. The molecule has 148 valence electrons. The van der Waals surface area contributed by atoms with Gasteiger partial charge in [0.05, 0.1) is 11.6 Å². The Bertz CT molecular complexity index is 861. The molecule has 0 bridgehead atoms. The first-order valence-electron chi connectivity index (χ1n) is 9.12. The number of carbonyl (C=O) groups excluding carboxylic acids is 2. The number of benzene rings is 1. The molecule has 1 heterocycles. The van der Waals surface area contributed by atoms with Crippen molar-refractivity contribution in [2.75, 3.05) is 18.4 Å². The third-order valence-corrected chi connectivity index (χ3v) is 4.95. The number of hydrogen-bond donors (Lipinski definition) is 2. The van der Waals surface area contributed by atoms with E-state index in [1.165, 1.54) is 17.4 Å². The zero-order chi connectivity index (χ0) is 20.7. The van der Waals surface area contributed by atoms with Crippen LogP contribution in [0.4, 0.5) is 5.13 Å². The van der Waals surface area contributed by atoms with Crippen molar-refractivity contribution in [2.45, 2.75) is 39.8 Å². The minimum atomic E-state index is -0.372. The van der Waals surface area contributed by atoms with E-state index in [0.717, 1.165) is 6.54 Å². The van der Waals surface area contributed by atoms with E-state index in [1.54, 1.807) is 23.6 Å². The third kappa shape index (κ3) is 5.87. The number of nitriles is 1. The summed E-state index contributed by atoms with van der Waals surface area (Å²) in [5.74, 6) is -0.640. The van der Waals surface area contributed by atoms with E-state index in [2.05, 4.69) is 48.2 Å². The number of amides is 2. The van der Waals surface area contributed by atoms with Crippen LogP contribution in [0.3, 0.4) is 0 Å². The molecule has 0 atom stereocenters. The van der Waals surface area contributed by atoms with E-state index >= 15 is 0 Å². The van der Waals surface area contributed by atoms with Gasteiger partial charge in [0.1, 0.15) is 5.69 Å². The van der Waals surface area contributed by atoms with Crippen molar-refractivity contribution in [2.24, 2.45) is 0 Å². The van der Waals surface area contributed by atoms with Crippen LogP contribution in [0.15, 0.2) is 29.6 Å². The van der Waals surface area contributed by atoms with E-state index in [-0.39, 0.29) is 17.5 Å². The molecule has 2 aromatic rings. The highest BCUT2D eigenvalue weighted by atomic mass is 32.1. The van der Waals surface area contributed by atoms with Crippen LogP contribution in [0, 0.1) is 11.3 Å². The zero-order valence-electron chi connectivity index (χ0n) is 16.5. The molecule has 0 radical (unpaired) electrons. The van der Waals surface area contributed by atoms with E-state index in [1.807, 2.05) is 6.07 Å². The van der Waals surface area contributed by atoms with Gasteiger partial charge >= 0.3 is 0 Å². The van der Waals surface area contributed by atoms with Gasteiger partial charge in [-0.2, -0.15) is 5.26 Å². The number of anilines is 1. The minimum absolute atomic E-state index is 0.268. The molecule has 0 spiro atoms. The van der Waals surface area contributed by atoms with Gasteiger partial charge in [0, 0.05) is 36.1 Å². The van der Waals surface area contributed by atoms with E-state index in [9.17, 15) is 9.59 Å². The number of nitrogens with zero attached hydrogens (tertiary/aromatic N) is 3. The van der Waals surface area contributed by atoms with Gasteiger partial charge in [-0.15, -0.1) is 11.3 Å². The fourth-order valence-electron chi connectivity index (χ4n) is 2.84. The van der Waals surface area contributed by atoms with Gasteiger partial charge in [-0.1, -0.05) is 6.07 Å². The summed E-state index contributed by atoms with van der Waals surface area (Å²) in [5.41, 5.74) is 1.04. The van der Waals surface area contributed by atoms with Crippen LogP contribution in [0.25, 0.3) is 0 Å². The van der Waals surface area contributed by atoms with Gasteiger partial charge in [0.2, 0.25) is 0 Å². The molecule has 28 heavy (non-hydrogen) atoms. The average molecular weight is 400 g/mol. The molecule has 0 aliphatic heterocycles. The van der Waals surface area contributed by atoms with Crippen molar-refractivity contribution < 1.29 is 9.59 Å². The van der Waals surface area contributed by atoms with Crippen LogP contribution < -0.4 is 10.6 Å². The first-order chi connectivity index (χ1) is 13.3. The zero-order valence-corrected chi connectivity index (χ0v) is 17.3. The molecule has 2 rings (SSSR count). The Kier molecular flexibility index (Phi) is 7.67. The predicted molar refractivity (Wildman–Crippen MR) is 111 cm³/mol. The van der Waals surface area contributed by atoms with Gasteiger partial charge < -0.3 is 5.32 Å². The Labute approximate surface area is 169 Å². The second-order valence-electron chi connectivity index (χ2n) is 6.87. The Balaban J connectivity index is 1.91. The molecule has 0 fully saturated rings. The number of carbonyl (C=O) groups is 2. The van der Waals surface area contributed by atoms with Crippen LogP contribution in [-0.4, -0.2) is 46.9 Å². The summed E-state index contributed by atoms with van der Waals surface area (Å²) in [7, 11) is 0. The largest absolute Gasteiger partial charge is 0.349 e. The number of hydrogen-bond acceptors (Lipinski definition) is 6. The lowest BCUT2D eigenvalue weighted by molar-refractivity contribution is 0.0934. The molecule has 2 amide bonds. The van der Waals surface area contributed by atoms with Gasteiger partial charge in [0.25, 0.3) is 11.8 Å². The molecule has 0 saturated heterocycles. The SMILES string of the molecule is CC(C)N(CCNC(=O)c1csc(NC(=O)c2cccc(C#N)c2)n1)C(C)C. The lowest BCUT2D eigenvalue weighted by atomic mass is 10.1. The Morgan fingerprint density at radius 2 is 1.93 bits per heavy atom. The molecule has 2 N–H and O–H groups in total. The van der Waals surface area contributed by atoms with Crippen molar-refractivity contribution in [3.8, 4) is 6.07 Å². The Morgan fingerprint density at radius 1 is 1.21 bits per heavy atom. The number of nitrogens with one attached hydrogen (secondary N) is 2. The summed E-state index contributed by atoms with van der Waals surface area (Å²) in [4.78, 5) is 31.0. The maximum absolute atomic E-state index is 12.3. The summed E-state index contributed by atoms with van der Waals surface area (Å²) in [6.07, 6.45) is 0. The number of rotatable bonds is 8. The molecule has 0 unspecified atom stereocenters. The number of thiazole rings is 1. The second kappa shape index (κ2) is 9.97. The molecule has 8 heteroatoms. The van der Waals surface area contributed by atoms with Crippen LogP contribution >= 0.6 is 11.3 Å². The molecular weight excluding hydrogens is 374 g/mol. The summed E-state index contributed by atoms with van der Waals surface area (Å²) < 4.78 is 0. The number of aromatic nitrogens is 1. The molecule has 1 aromatic carbocycles. The topological polar surface area (TPSA) is 98.1 Å². The van der Waals surface area contributed by atoms with E-state index < -0.39 is 0 Å².